The van der Waals surface area contributed by atoms with Crippen LogP contribution in [0.1, 0.15) is 13.3 Å². The number of hydrogen-bond acceptors (Lipinski definition) is 6. The van der Waals surface area contributed by atoms with E-state index < -0.39 is 26.7 Å². The van der Waals surface area contributed by atoms with Gasteiger partial charge in [0.05, 0.1) is 27.1 Å². The van der Waals surface area contributed by atoms with Gasteiger partial charge in [-0.05, 0) is 31.2 Å². The van der Waals surface area contributed by atoms with Gasteiger partial charge in [-0.3, -0.25) is 9.96 Å². The summed E-state index contributed by atoms with van der Waals surface area (Å²) in [6, 6.07) is 6.91. The van der Waals surface area contributed by atoms with Crippen molar-refractivity contribution >= 4 is 56.6 Å². The third-order valence-corrected chi connectivity index (χ3v) is 8.19. The summed E-state index contributed by atoms with van der Waals surface area (Å²) in [4.78, 5) is 1.65. The molecular weight excluding hydrogens is 480 g/mol. The number of nitrogens with zero attached hydrogens (tertiary/aromatic N) is 2. The predicted molar refractivity (Wildman–Crippen MR) is 116 cm³/mol. The van der Waals surface area contributed by atoms with E-state index in [1.54, 1.807) is 23.1 Å². The SMILES string of the molecule is CC12C(=C(C#N)C(=N)N1c1ccc(Cl)c(Cl)c1)C=C(O)CC2SCCS(=O)(=O)O.[Na+]. The fraction of sp³-hybridized carbons (Fsp3) is 0.333. The minimum Gasteiger partial charge on any atom is -0.512 e. The molecule has 7 nitrogen and oxygen atoms in total. The molecule has 0 bridgehead atoms. The van der Waals surface area contributed by atoms with Gasteiger partial charge in [-0.15, -0.1) is 0 Å². The summed E-state index contributed by atoms with van der Waals surface area (Å²) in [5, 5.41) is 28.7. The molecule has 3 rings (SSSR count). The first-order chi connectivity index (χ1) is 13.5. The van der Waals surface area contributed by atoms with E-state index in [0.717, 1.165) is 0 Å². The number of allylic oxidation sites excluding steroid dienone is 1. The molecule has 0 spiro atoms. The fourth-order valence-electron chi connectivity index (χ4n) is 3.65. The van der Waals surface area contributed by atoms with Crippen LogP contribution in [0.15, 0.2) is 41.2 Å². The van der Waals surface area contributed by atoms with Gasteiger partial charge in [0.15, 0.2) is 0 Å². The summed E-state index contributed by atoms with van der Waals surface area (Å²) in [5.41, 5.74) is 0.217. The van der Waals surface area contributed by atoms with Crippen LogP contribution in [0, 0.1) is 16.7 Å². The first kappa shape index (κ1) is 25.6. The second-order valence-corrected chi connectivity index (χ2v) is 10.5. The molecule has 2 aliphatic rings. The molecule has 1 aromatic rings. The molecular formula is C18H17Cl2N3NaO4S2+. The van der Waals surface area contributed by atoms with Crippen molar-refractivity contribution in [3.8, 4) is 6.07 Å². The number of thioether (sulfide) groups is 1. The van der Waals surface area contributed by atoms with E-state index in [1.807, 2.05) is 13.0 Å². The van der Waals surface area contributed by atoms with Crippen LogP contribution < -0.4 is 34.5 Å². The number of fused-ring (bicyclic) bond motifs is 1. The minimum absolute atomic E-state index is 0. The predicted octanol–water partition coefficient (Wildman–Crippen LogP) is 1.21. The minimum atomic E-state index is -4.13. The molecule has 0 saturated carbocycles. The smallest absolute Gasteiger partial charge is 0.512 e. The molecule has 0 saturated heterocycles. The summed E-state index contributed by atoms with van der Waals surface area (Å²) >= 11 is 13.4. The van der Waals surface area contributed by atoms with E-state index in [1.165, 1.54) is 17.8 Å². The number of aliphatic hydroxyl groups excluding tert-OH is 1. The molecule has 0 aromatic heterocycles. The molecule has 1 heterocycles. The van der Waals surface area contributed by atoms with Gasteiger partial charge in [0.2, 0.25) is 0 Å². The molecule has 1 aliphatic heterocycles. The Labute approximate surface area is 211 Å². The number of benzene rings is 1. The average Bonchev–Trinajstić information content (AvgIpc) is 2.83. The van der Waals surface area contributed by atoms with Gasteiger partial charge >= 0.3 is 29.6 Å². The van der Waals surface area contributed by atoms with Crippen LogP contribution in [0.25, 0.3) is 0 Å². The Kier molecular flexibility index (Phi) is 8.03. The van der Waals surface area contributed by atoms with E-state index in [4.69, 9.17) is 33.2 Å². The molecule has 2 atom stereocenters. The van der Waals surface area contributed by atoms with E-state index in [0.29, 0.717) is 16.3 Å². The van der Waals surface area contributed by atoms with Crippen LogP contribution in [0.5, 0.6) is 0 Å². The topological polar surface area (TPSA) is 125 Å². The van der Waals surface area contributed by atoms with Gasteiger partial charge < -0.3 is 10.0 Å². The Hall–Kier alpha value is -0.700. The quantitative estimate of drug-likeness (QED) is 0.413. The molecule has 0 fully saturated rings. The Morgan fingerprint density at radius 1 is 1.40 bits per heavy atom. The van der Waals surface area contributed by atoms with Crippen molar-refractivity contribution in [2.24, 2.45) is 0 Å². The van der Waals surface area contributed by atoms with Crippen molar-refractivity contribution in [1.29, 1.82) is 10.7 Å². The number of amidine groups is 1. The van der Waals surface area contributed by atoms with Crippen LogP contribution in [0.4, 0.5) is 5.69 Å². The second-order valence-electron chi connectivity index (χ2n) is 6.82. The van der Waals surface area contributed by atoms with Crippen molar-refractivity contribution in [2.45, 2.75) is 24.1 Å². The standard InChI is InChI=1S/C18H17Cl2N3O4S2.Na/c1-18-13(7-11(24)8-16(18)28-4-5-29(25,26)27)12(9-21)17(22)23(18)10-2-3-14(19)15(20)6-10;/h2-3,6-7,16,22,24H,4-5,8H2,1H3,(H,25,26,27);/q;+1. The summed E-state index contributed by atoms with van der Waals surface area (Å²) in [6.45, 7) is 1.83. The first-order valence-corrected chi connectivity index (χ1v) is 11.9. The van der Waals surface area contributed by atoms with Gasteiger partial charge in [-0.2, -0.15) is 25.4 Å². The number of halogens is 2. The van der Waals surface area contributed by atoms with E-state index >= 15 is 0 Å². The molecule has 0 amide bonds. The molecule has 1 aliphatic carbocycles. The Morgan fingerprint density at radius 3 is 2.63 bits per heavy atom. The van der Waals surface area contributed by atoms with Gasteiger partial charge in [0.1, 0.15) is 17.5 Å². The van der Waals surface area contributed by atoms with Gasteiger partial charge in [0, 0.05) is 28.7 Å². The summed E-state index contributed by atoms with van der Waals surface area (Å²) in [5.74, 6) is -0.360. The number of hydrogen-bond donors (Lipinski definition) is 3. The number of anilines is 1. The fourth-order valence-corrected chi connectivity index (χ4v) is 6.30. The second kappa shape index (κ2) is 9.43. The van der Waals surface area contributed by atoms with Gasteiger partial charge in [-0.25, -0.2) is 0 Å². The monoisotopic (exact) mass is 496 g/mol. The number of nitriles is 1. The van der Waals surface area contributed by atoms with Gasteiger partial charge in [-0.1, -0.05) is 23.2 Å². The van der Waals surface area contributed by atoms with Crippen LogP contribution in [-0.2, 0) is 10.1 Å². The maximum absolute atomic E-state index is 11.1. The average molecular weight is 497 g/mol. The molecule has 0 radical (unpaired) electrons. The zero-order chi connectivity index (χ0) is 21.6. The Morgan fingerprint density at radius 2 is 2.07 bits per heavy atom. The number of rotatable bonds is 5. The zero-order valence-electron chi connectivity index (χ0n) is 16.2. The van der Waals surface area contributed by atoms with E-state index in [-0.39, 0.29) is 63.9 Å². The zero-order valence-corrected chi connectivity index (χ0v) is 21.3. The summed E-state index contributed by atoms with van der Waals surface area (Å²) in [6.07, 6.45) is 1.70. The van der Waals surface area contributed by atoms with E-state index in [9.17, 15) is 18.8 Å². The Bertz CT molecular complexity index is 1100. The van der Waals surface area contributed by atoms with Crippen LogP contribution in [0.2, 0.25) is 10.0 Å². The van der Waals surface area contributed by atoms with Crippen molar-refractivity contribution < 1.29 is 47.6 Å². The third-order valence-electron chi connectivity index (χ3n) is 5.01. The van der Waals surface area contributed by atoms with Crippen molar-refractivity contribution in [2.75, 3.05) is 16.4 Å². The maximum Gasteiger partial charge on any atom is 1.00 e. The third kappa shape index (κ3) is 4.71. The number of aliphatic hydroxyl groups is 1. The Balaban J connectivity index is 0.00000320. The van der Waals surface area contributed by atoms with Crippen LogP contribution in [0.3, 0.4) is 0 Å². The molecule has 30 heavy (non-hydrogen) atoms. The van der Waals surface area contributed by atoms with Crippen molar-refractivity contribution in [1.82, 2.24) is 0 Å². The maximum atomic E-state index is 11.1. The van der Waals surface area contributed by atoms with Crippen LogP contribution >= 0.6 is 35.0 Å². The largest absolute Gasteiger partial charge is 1.00 e. The molecule has 2 unspecified atom stereocenters. The van der Waals surface area contributed by atoms with E-state index in [2.05, 4.69) is 0 Å². The normalized spacial score (nSPS) is 23.6. The summed E-state index contributed by atoms with van der Waals surface area (Å²) < 4.78 is 31.2. The molecule has 3 N–H and O–H groups in total. The summed E-state index contributed by atoms with van der Waals surface area (Å²) in [7, 11) is -4.13. The first-order valence-electron chi connectivity index (χ1n) is 8.44. The van der Waals surface area contributed by atoms with Gasteiger partial charge in [0.25, 0.3) is 10.1 Å². The van der Waals surface area contributed by atoms with Crippen molar-refractivity contribution in [3.05, 3.63) is 51.2 Å². The van der Waals surface area contributed by atoms with Crippen LogP contribution in [-0.4, -0.2) is 46.2 Å². The molecule has 154 valence electrons. The number of nitrogens with one attached hydrogen (secondary N) is 1. The van der Waals surface area contributed by atoms with Crippen molar-refractivity contribution in [3.63, 3.8) is 0 Å². The molecule has 1 aromatic carbocycles. The molecule has 12 heteroatoms.